The molecule has 5 nitrogen and oxygen atoms in total. The Hall–Kier alpha value is -1.36. The third-order valence-electron chi connectivity index (χ3n) is 1.74. The van der Waals surface area contributed by atoms with E-state index in [1.807, 2.05) is 20.8 Å². The monoisotopic (exact) mass is 212 g/mol. The minimum absolute atomic E-state index is 0.178. The van der Waals surface area contributed by atoms with Gasteiger partial charge in [0.1, 0.15) is 0 Å². The quantitative estimate of drug-likeness (QED) is 0.819. The third kappa shape index (κ3) is 4.12. The molecule has 0 saturated heterocycles. The minimum Gasteiger partial charge on any atom is -0.478 e. The average Bonchev–Trinajstić information content (AvgIpc) is 2.50. The zero-order chi connectivity index (χ0) is 11.5. The van der Waals surface area contributed by atoms with Crippen LogP contribution in [0.25, 0.3) is 0 Å². The molecule has 15 heavy (non-hydrogen) atoms. The summed E-state index contributed by atoms with van der Waals surface area (Å²) in [6, 6.07) is 0. The molecule has 0 spiro atoms. The topological polar surface area (TPSA) is 64.3 Å². The molecule has 1 aromatic heterocycles. The smallest absolute Gasteiger partial charge is 0.338 e. The van der Waals surface area contributed by atoms with Crippen molar-refractivity contribution < 1.29 is 14.6 Å². The van der Waals surface area contributed by atoms with Gasteiger partial charge in [-0.3, -0.25) is 4.68 Å². The van der Waals surface area contributed by atoms with E-state index in [1.165, 1.54) is 12.4 Å². The summed E-state index contributed by atoms with van der Waals surface area (Å²) in [4.78, 5) is 10.6. The molecular formula is C10H16N2O3. The maximum atomic E-state index is 10.6. The van der Waals surface area contributed by atoms with E-state index in [1.54, 1.807) is 4.68 Å². The van der Waals surface area contributed by atoms with Crippen molar-refractivity contribution in [3.8, 4) is 0 Å². The van der Waals surface area contributed by atoms with Gasteiger partial charge >= 0.3 is 5.97 Å². The number of nitrogens with zero attached hydrogens (tertiary/aromatic N) is 2. The number of ether oxygens (including phenoxy) is 1. The Kier molecular flexibility index (Phi) is 3.47. The van der Waals surface area contributed by atoms with Crippen molar-refractivity contribution in [2.75, 3.05) is 6.61 Å². The molecule has 0 aliphatic heterocycles. The molecule has 0 unspecified atom stereocenters. The van der Waals surface area contributed by atoms with Crippen LogP contribution < -0.4 is 0 Å². The van der Waals surface area contributed by atoms with Crippen LogP contribution in [0.3, 0.4) is 0 Å². The molecule has 0 fully saturated rings. The fourth-order valence-electron chi connectivity index (χ4n) is 1.04. The first kappa shape index (κ1) is 11.7. The lowest BCUT2D eigenvalue weighted by atomic mass is 10.2. The van der Waals surface area contributed by atoms with Gasteiger partial charge in [0.25, 0.3) is 0 Å². The molecule has 0 aliphatic rings. The molecule has 0 aromatic carbocycles. The normalized spacial score (nSPS) is 11.7. The van der Waals surface area contributed by atoms with E-state index in [0.29, 0.717) is 13.2 Å². The zero-order valence-electron chi connectivity index (χ0n) is 9.23. The Balaban J connectivity index is 2.41. The van der Waals surface area contributed by atoms with Gasteiger partial charge in [-0.2, -0.15) is 5.10 Å². The first-order chi connectivity index (χ1) is 6.88. The molecule has 1 aromatic rings. The minimum atomic E-state index is -0.960. The van der Waals surface area contributed by atoms with E-state index in [4.69, 9.17) is 9.84 Å². The molecular weight excluding hydrogens is 196 g/mol. The number of carboxylic acids is 1. The predicted molar refractivity (Wildman–Crippen MR) is 54.9 cm³/mol. The van der Waals surface area contributed by atoms with E-state index in [2.05, 4.69) is 5.10 Å². The lowest BCUT2D eigenvalue weighted by Gasteiger charge is -2.19. The average molecular weight is 212 g/mol. The van der Waals surface area contributed by atoms with Crippen molar-refractivity contribution in [1.82, 2.24) is 9.78 Å². The van der Waals surface area contributed by atoms with Gasteiger partial charge < -0.3 is 9.84 Å². The van der Waals surface area contributed by atoms with Crippen LogP contribution >= 0.6 is 0 Å². The molecule has 0 radical (unpaired) electrons. The number of carbonyl (C=O) groups is 1. The molecule has 1 heterocycles. The van der Waals surface area contributed by atoms with Crippen molar-refractivity contribution in [2.45, 2.75) is 32.9 Å². The van der Waals surface area contributed by atoms with Crippen LogP contribution in [0.5, 0.6) is 0 Å². The van der Waals surface area contributed by atoms with Gasteiger partial charge in [0.15, 0.2) is 0 Å². The largest absolute Gasteiger partial charge is 0.478 e. The van der Waals surface area contributed by atoms with Crippen LogP contribution in [0, 0.1) is 0 Å². The van der Waals surface area contributed by atoms with Crippen molar-refractivity contribution >= 4 is 5.97 Å². The van der Waals surface area contributed by atoms with E-state index in [9.17, 15) is 4.79 Å². The summed E-state index contributed by atoms with van der Waals surface area (Å²) in [6.07, 6.45) is 2.83. The summed E-state index contributed by atoms with van der Waals surface area (Å²) in [5.74, 6) is -0.960. The van der Waals surface area contributed by atoms with Gasteiger partial charge in [-0.05, 0) is 20.8 Å². The highest BCUT2D eigenvalue weighted by Gasteiger charge is 2.10. The van der Waals surface area contributed by atoms with Crippen molar-refractivity contribution in [1.29, 1.82) is 0 Å². The van der Waals surface area contributed by atoms with Crippen molar-refractivity contribution in [3.05, 3.63) is 18.0 Å². The number of hydrogen-bond donors (Lipinski definition) is 1. The van der Waals surface area contributed by atoms with E-state index >= 15 is 0 Å². The number of carboxylic acid groups (broad SMARTS) is 1. The van der Waals surface area contributed by atoms with Gasteiger partial charge in [0, 0.05) is 6.20 Å². The number of hydrogen-bond acceptors (Lipinski definition) is 3. The Morgan fingerprint density at radius 3 is 2.73 bits per heavy atom. The summed E-state index contributed by atoms with van der Waals surface area (Å²) in [7, 11) is 0. The van der Waals surface area contributed by atoms with Crippen LogP contribution in [0.4, 0.5) is 0 Å². The highest BCUT2D eigenvalue weighted by Crippen LogP contribution is 2.06. The van der Waals surface area contributed by atoms with Crippen LogP contribution in [0.1, 0.15) is 31.1 Å². The second-order valence-electron chi connectivity index (χ2n) is 4.26. The molecule has 0 amide bonds. The Morgan fingerprint density at radius 1 is 1.60 bits per heavy atom. The summed E-state index contributed by atoms with van der Waals surface area (Å²) < 4.78 is 7.06. The summed E-state index contributed by atoms with van der Waals surface area (Å²) in [5.41, 5.74) is 0.0220. The molecule has 0 bridgehead atoms. The fraction of sp³-hybridized carbons (Fsp3) is 0.600. The molecule has 84 valence electrons. The SMILES string of the molecule is CC(C)(C)OCCn1cc(C(=O)O)cn1. The molecule has 1 N–H and O–H groups in total. The third-order valence-corrected chi connectivity index (χ3v) is 1.74. The summed E-state index contributed by atoms with van der Waals surface area (Å²) in [6.45, 7) is 6.99. The van der Waals surface area contributed by atoms with E-state index < -0.39 is 5.97 Å². The summed E-state index contributed by atoms with van der Waals surface area (Å²) >= 11 is 0. The van der Waals surface area contributed by atoms with Crippen molar-refractivity contribution in [3.63, 3.8) is 0 Å². The van der Waals surface area contributed by atoms with Crippen LogP contribution in [0.15, 0.2) is 12.4 Å². The molecule has 0 aliphatic carbocycles. The van der Waals surface area contributed by atoms with Gasteiger partial charge in [0.2, 0.25) is 0 Å². The standard InChI is InChI=1S/C10H16N2O3/c1-10(2,3)15-5-4-12-7-8(6-11-12)9(13)14/h6-7H,4-5H2,1-3H3,(H,13,14). The lowest BCUT2D eigenvalue weighted by Crippen LogP contribution is -2.22. The first-order valence-corrected chi connectivity index (χ1v) is 4.78. The number of aromatic nitrogens is 2. The second kappa shape index (κ2) is 4.44. The van der Waals surface area contributed by atoms with Gasteiger partial charge in [-0.15, -0.1) is 0 Å². The second-order valence-corrected chi connectivity index (χ2v) is 4.26. The number of rotatable bonds is 4. The highest BCUT2D eigenvalue weighted by atomic mass is 16.5. The van der Waals surface area contributed by atoms with E-state index in [-0.39, 0.29) is 11.2 Å². The molecule has 1 rings (SSSR count). The Labute approximate surface area is 88.7 Å². The van der Waals surface area contributed by atoms with Gasteiger partial charge in [-0.1, -0.05) is 0 Å². The van der Waals surface area contributed by atoms with Crippen LogP contribution in [-0.2, 0) is 11.3 Å². The predicted octanol–water partition coefficient (Wildman–Crippen LogP) is 1.40. The maximum absolute atomic E-state index is 10.6. The molecule has 0 saturated carbocycles. The Morgan fingerprint density at radius 2 is 2.27 bits per heavy atom. The fourth-order valence-corrected chi connectivity index (χ4v) is 1.04. The van der Waals surface area contributed by atoms with Gasteiger partial charge in [0.05, 0.1) is 30.5 Å². The van der Waals surface area contributed by atoms with Gasteiger partial charge in [-0.25, -0.2) is 4.79 Å². The Bertz CT molecular complexity index is 339. The zero-order valence-corrected chi connectivity index (χ0v) is 9.23. The molecule has 5 heteroatoms. The highest BCUT2D eigenvalue weighted by molar-refractivity contribution is 5.86. The lowest BCUT2D eigenvalue weighted by molar-refractivity contribution is -0.00792. The summed E-state index contributed by atoms with van der Waals surface area (Å²) in [5, 5.41) is 12.6. The van der Waals surface area contributed by atoms with Crippen molar-refractivity contribution in [2.24, 2.45) is 0 Å². The number of aromatic carboxylic acids is 1. The van der Waals surface area contributed by atoms with E-state index in [0.717, 1.165) is 0 Å². The molecule has 0 atom stereocenters. The van der Waals surface area contributed by atoms with Crippen LogP contribution in [-0.4, -0.2) is 33.1 Å². The van der Waals surface area contributed by atoms with Crippen LogP contribution in [0.2, 0.25) is 0 Å². The first-order valence-electron chi connectivity index (χ1n) is 4.78. The maximum Gasteiger partial charge on any atom is 0.338 e.